The van der Waals surface area contributed by atoms with E-state index in [1.807, 2.05) is 13.8 Å². The highest BCUT2D eigenvalue weighted by Gasteiger charge is 2.49. The summed E-state index contributed by atoms with van der Waals surface area (Å²) in [5.74, 6) is 0.545. The number of nitro benzene ring substituents is 1. The fourth-order valence-electron chi connectivity index (χ4n) is 1.81. The molecule has 0 saturated heterocycles. The third-order valence-electron chi connectivity index (χ3n) is 3.30. The molecule has 0 bridgehead atoms. The number of nitrogens with zero attached hydrogens (tertiary/aromatic N) is 1. The molecule has 1 fully saturated rings. The SMILES string of the molecule is CC1(C)C(=O)CC1Oc1cccc([N+](=O)[O-])c1Br. The first-order valence-corrected chi connectivity index (χ1v) is 6.26. The predicted octanol–water partition coefficient (Wildman–Crippen LogP) is 3.10. The molecule has 0 amide bonds. The second-order valence-corrected chi connectivity index (χ2v) is 5.59. The van der Waals surface area contributed by atoms with Gasteiger partial charge in [0.15, 0.2) is 0 Å². The Morgan fingerprint density at radius 1 is 1.50 bits per heavy atom. The number of carbonyl (C=O) groups is 1. The van der Waals surface area contributed by atoms with Gasteiger partial charge in [0, 0.05) is 12.5 Å². The summed E-state index contributed by atoms with van der Waals surface area (Å²) in [5, 5.41) is 10.8. The van der Waals surface area contributed by atoms with Crippen LogP contribution in [0.25, 0.3) is 0 Å². The smallest absolute Gasteiger partial charge is 0.287 e. The van der Waals surface area contributed by atoms with Gasteiger partial charge in [-0.25, -0.2) is 0 Å². The topological polar surface area (TPSA) is 69.4 Å². The summed E-state index contributed by atoms with van der Waals surface area (Å²) in [5.41, 5.74) is -0.569. The molecule has 1 atom stereocenters. The Hall–Kier alpha value is -1.43. The molecule has 18 heavy (non-hydrogen) atoms. The van der Waals surface area contributed by atoms with Crippen molar-refractivity contribution < 1.29 is 14.5 Å². The molecule has 2 rings (SSSR count). The molecule has 1 aromatic rings. The first-order chi connectivity index (χ1) is 8.34. The summed E-state index contributed by atoms with van der Waals surface area (Å²) >= 11 is 3.16. The minimum absolute atomic E-state index is 0.0454. The average molecular weight is 314 g/mol. The Labute approximate surface area is 112 Å². The number of hydrogen-bond acceptors (Lipinski definition) is 4. The Morgan fingerprint density at radius 3 is 2.67 bits per heavy atom. The molecule has 0 aromatic heterocycles. The largest absolute Gasteiger partial charge is 0.487 e. The fraction of sp³-hybridized carbons (Fsp3) is 0.417. The first kappa shape index (κ1) is 13.0. The van der Waals surface area contributed by atoms with Gasteiger partial charge in [0.05, 0.1) is 10.3 Å². The second-order valence-electron chi connectivity index (χ2n) is 4.80. The van der Waals surface area contributed by atoms with Crippen molar-refractivity contribution in [1.82, 2.24) is 0 Å². The van der Waals surface area contributed by atoms with Crippen molar-refractivity contribution in [3.8, 4) is 5.75 Å². The maximum atomic E-state index is 11.4. The minimum atomic E-state index is -0.524. The van der Waals surface area contributed by atoms with Crippen LogP contribution in [-0.4, -0.2) is 16.8 Å². The molecule has 5 nitrogen and oxygen atoms in total. The van der Waals surface area contributed by atoms with Crippen molar-refractivity contribution in [2.75, 3.05) is 0 Å². The number of Topliss-reactive ketones (excluding diaryl/α,β-unsaturated/α-hetero) is 1. The van der Waals surface area contributed by atoms with E-state index in [4.69, 9.17) is 4.74 Å². The molecule has 96 valence electrons. The Bertz CT molecular complexity index is 527. The first-order valence-electron chi connectivity index (χ1n) is 5.47. The van der Waals surface area contributed by atoms with Gasteiger partial charge in [-0.1, -0.05) is 6.07 Å². The zero-order valence-corrected chi connectivity index (χ0v) is 11.6. The molecule has 1 unspecified atom stereocenters. The van der Waals surface area contributed by atoms with Crippen LogP contribution < -0.4 is 4.74 Å². The van der Waals surface area contributed by atoms with E-state index in [0.29, 0.717) is 16.6 Å². The molecule has 1 saturated carbocycles. The Balaban J connectivity index is 2.24. The molecule has 0 radical (unpaired) electrons. The van der Waals surface area contributed by atoms with E-state index >= 15 is 0 Å². The van der Waals surface area contributed by atoms with Crippen LogP contribution in [0, 0.1) is 15.5 Å². The Morgan fingerprint density at radius 2 is 2.17 bits per heavy atom. The summed E-state index contributed by atoms with van der Waals surface area (Å²) in [4.78, 5) is 21.7. The van der Waals surface area contributed by atoms with Crippen LogP contribution in [0.1, 0.15) is 20.3 Å². The third-order valence-corrected chi connectivity index (χ3v) is 4.10. The van der Waals surface area contributed by atoms with Crippen LogP contribution in [-0.2, 0) is 4.79 Å². The molecule has 6 heteroatoms. The van der Waals surface area contributed by atoms with Gasteiger partial charge >= 0.3 is 0 Å². The quantitative estimate of drug-likeness (QED) is 0.635. The lowest BCUT2D eigenvalue weighted by molar-refractivity contribution is -0.385. The van der Waals surface area contributed by atoms with Crippen molar-refractivity contribution >= 4 is 27.4 Å². The van der Waals surface area contributed by atoms with Crippen LogP contribution >= 0.6 is 15.9 Å². The summed E-state index contributed by atoms with van der Waals surface area (Å²) in [6.07, 6.45) is 0.116. The van der Waals surface area contributed by atoms with Gasteiger partial charge < -0.3 is 4.74 Å². The molecule has 1 aliphatic carbocycles. The van der Waals surface area contributed by atoms with Crippen molar-refractivity contribution in [2.24, 2.45) is 5.41 Å². The van der Waals surface area contributed by atoms with E-state index in [-0.39, 0.29) is 17.6 Å². The minimum Gasteiger partial charge on any atom is -0.487 e. The van der Waals surface area contributed by atoms with Crippen LogP contribution in [0.3, 0.4) is 0 Å². The van der Waals surface area contributed by atoms with Crippen molar-refractivity contribution in [2.45, 2.75) is 26.4 Å². The maximum Gasteiger partial charge on any atom is 0.287 e. The van der Waals surface area contributed by atoms with Gasteiger partial charge in [-0.15, -0.1) is 0 Å². The predicted molar refractivity (Wildman–Crippen MR) is 68.6 cm³/mol. The molecule has 0 aliphatic heterocycles. The lowest BCUT2D eigenvalue weighted by Gasteiger charge is -2.42. The van der Waals surface area contributed by atoms with Crippen molar-refractivity contribution in [3.05, 3.63) is 32.8 Å². The van der Waals surface area contributed by atoms with Gasteiger partial charge in [0.1, 0.15) is 22.1 Å². The summed E-state index contributed by atoms with van der Waals surface area (Å²) in [7, 11) is 0. The van der Waals surface area contributed by atoms with Gasteiger partial charge in [0.2, 0.25) is 0 Å². The van der Waals surface area contributed by atoms with Crippen molar-refractivity contribution in [3.63, 3.8) is 0 Å². The van der Waals surface area contributed by atoms with Gasteiger partial charge in [-0.2, -0.15) is 0 Å². The molecule has 0 N–H and O–H groups in total. The van der Waals surface area contributed by atoms with Gasteiger partial charge in [0.25, 0.3) is 5.69 Å². The van der Waals surface area contributed by atoms with E-state index in [0.717, 1.165) is 0 Å². The summed E-state index contributed by atoms with van der Waals surface area (Å²) in [6, 6.07) is 4.61. The number of ketones is 1. The zero-order valence-electron chi connectivity index (χ0n) is 9.97. The van der Waals surface area contributed by atoms with Gasteiger partial charge in [-0.05, 0) is 35.8 Å². The number of carbonyl (C=O) groups excluding carboxylic acids is 1. The van der Waals surface area contributed by atoms with Crippen LogP contribution in [0.4, 0.5) is 5.69 Å². The number of benzene rings is 1. The monoisotopic (exact) mass is 313 g/mol. The van der Waals surface area contributed by atoms with E-state index in [9.17, 15) is 14.9 Å². The highest BCUT2D eigenvalue weighted by Crippen LogP contribution is 2.42. The molecular weight excluding hydrogens is 302 g/mol. The average Bonchev–Trinajstić information content (AvgIpc) is 2.30. The molecule has 1 aliphatic rings. The van der Waals surface area contributed by atoms with E-state index in [1.54, 1.807) is 12.1 Å². The molecule has 0 spiro atoms. The van der Waals surface area contributed by atoms with Crippen LogP contribution in [0.5, 0.6) is 5.75 Å². The second kappa shape index (κ2) is 4.35. The van der Waals surface area contributed by atoms with Gasteiger partial charge in [-0.3, -0.25) is 14.9 Å². The lowest BCUT2D eigenvalue weighted by Crippen LogP contribution is -2.53. The maximum absolute atomic E-state index is 11.4. The fourth-order valence-corrected chi connectivity index (χ4v) is 2.31. The summed E-state index contributed by atoms with van der Waals surface area (Å²) in [6.45, 7) is 3.63. The number of nitro groups is 1. The number of halogens is 1. The standard InChI is InChI=1S/C12H12BrNO4/c1-12(2)9(15)6-10(12)18-8-5-3-4-7(11(8)13)14(16)17/h3-5,10H,6H2,1-2H3. The number of hydrogen-bond donors (Lipinski definition) is 0. The molecular formula is C12H12BrNO4. The number of ether oxygens (including phenoxy) is 1. The highest BCUT2D eigenvalue weighted by molar-refractivity contribution is 9.10. The lowest BCUT2D eigenvalue weighted by atomic mass is 9.68. The number of rotatable bonds is 3. The zero-order chi connectivity index (χ0) is 13.5. The van der Waals surface area contributed by atoms with Crippen molar-refractivity contribution in [1.29, 1.82) is 0 Å². The van der Waals surface area contributed by atoms with Crippen LogP contribution in [0.2, 0.25) is 0 Å². The van der Waals surface area contributed by atoms with Crippen LogP contribution in [0.15, 0.2) is 22.7 Å². The molecule has 1 aromatic carbocycles. The van der Waals surface area contributed by atoms with E-state index in [2.05, 4.69) is 15.9 Å². The van der Waals surface area contributed by atoms with E-state index in [1.165, 1.54) is 6.07 Å². The van der Waals surface area contributed by atoms with E-state index < -0.39 is 10.3 Å². The Kier molecular flexibility index (Phi) is 3.14. The third kappa shape index (κ3) is 2.01. The normalized spacial score (nSPS) is 21.3. The summed E-state index contributed by atoms with van der Waals surface area (Å²) < 4.78 is 6.00. The highest BCUT2D eigenvalue weighted by atomic mass is 79.9. The molecule has 0 heterocycles.